The summed E-state index contributed by atoms with van der Waals surface area (Å²) in [5.41, 5.74) is 1.78. The van der Waals surface area contributed by atoms with Crippen LogP contribution in [0.15, 0.2) is 18.2 Å². The Hall–Kier alpha value is -1.33. The van der Waals surface area contributed by atoms with Crippen LogP contribution in [0.1, 0.15) is 38.7 Å². The summed E-state index contributed by atoms with van der Waals surface area (Å²) in [6.07, 6.45) is 2.60. The van der Waals surface area contributed by atoms with E-state index in [1.165, 1.54) is 0 Å². The van der Waals surface area contributed by atoms with E-state index in [0.717, 1.165) is 18.4 Å². The molecule has 0 amide bonds. The fourth-order valence-electron chi connectivity index (χ4n) is 1.94. The van der Waals surface area contributed by atoms with E-state index in [2.05, 4.69) is 17.6 Å². The second kappa shape index (κ2) is 9.64. The van der Waals surface area contributed by atoms with Gasteiger partial charge in [-0.2, -0.15) is 0 Å². The van der Waals surface area contributed by atoms with Crippen LogP contribution in [0.5, 0.6) is 0 Å². The van der Waals surface area contributed by atoms with E-state index in [1.807, 2.05) is 25.1 Å². The number of carbonyl (C=O) groups excluding carboxylic acids is 1. The number of esters is 1. The molecule has 1 aromatic rings. The van der Waals surface area contributed by atoms with Crippen LogP contribution in [0.4, 0.5) is 5.69 Å². The van der Waals surface area contributed by atoms with Gasteiger partial charge in [-0.3, -0.25) is 0 Å². The minimum atomic E-state index is -0.441. The van der Waals surface area contributed by atoms with Gasteiger partial charge in [0, 0.05) is 0 Å². The van der Waals surface area contributed by atoms with Gasteiger partial charge in [-0.25, -0.2) is 4.79 Å². The van der Waals surface area contributed by atoms with E-state index in [4.69, 9.17) is 28.6 Å². The SMILES string of the molecule is CCCCC(NC(=S)Nc1ccc(C)cc1Cl)C(=O)OCC. The fraction of sp³-hybridized carbons (Fsp3) is 0.500. The van der Waals surface area contributed by atoms with Crippen LogP contribution >= 0.6 is 23.8 Å². The van der Waals surface area contributed by atoms with Crippen molar-refractivity contribution in [3.63, 3.8) is 0 Å². The summed E-state index contributed by atoms with van der Waals surface area (Å²) < 4.78 is 5.08. The molecule has 0 radical (unpaired) electrons. The first-order valence-corrected chi connectivity index (χ1v) is 8.26. The van der Waals surface area contributed by atoms with Crippen LogP contribution in [-0.2, 0) is 9.53 Å². The molecule has 0 aliphatic heterocycles. The molecule has 0 spiro atoms. The molecule has 0 fully saturated rings. The number of halogens is 1. The number of aryl methyl sites for hydroxylation is 1. The van der Waals surface area contributed by atoms with Crippen LogP contribution in [-0.4, -0.2) is 23.7 Å². The van der Waals surface area contributed by atoms with Gasteiger partial charge in [0.1, 0.15) is 6.04 Å². The van der Waals surface area contributed by atoms with Crippen molar-refractivity contribution in [2.24, 2.45) is 0 Å². The first kappa shape index (κ1) is 18.7. The molecule has 22 heavy (non-hydrogen) atoms. The Balaban J connectivity index is 2.67. The Labute approximate surface area is 142 Å². The summed E-state index contributed by atoms with van der Waals surface area (Å²) in [6.45, 7) is 6.18. The molecule has 122 valence electrons. The number of unbranched alkanes of at least 4 members (excludes halogenated alkanes) is 1. The lowest BCUT2D eigenvalue weighted by Gasteiger charge is -2.19. The molecular weight excluding hydrogens is 320 g/mol. The van der Waals surface area contributed by atoms with Gasteiger partial charge in [0.05, 0.1) is 17.3 Å². The molecule has 1 atom stereocenters. The van der Waals surface area contributed by atoms with Crippen LogP contribution < -0.4 is 10.6 Å². The standard InChI is InChI=1S/C16H23ClN2O2S/c1-4-6-7-14(15(20)21-5-2)19-16(22)18-13-9-8-11(3)10-12(13)17/h8-10,14H,4-7H2,1-3H3,(H2,18,19,22). The van der Waals surface area contributed by atoms with Crippen molar-refractivity contribution in [3.05, 3.63) is 28.8 Å². The minimum absolute atomic E-state index is 0.282. The van der Waals surface area contributed by atoms with Gasteiger partial charge in [0.15, 0.2) is 5.11 Å². The average Bonchev–Trinajstić information content (AvgIpc) is 2.46. The van der Waals surface area contributed by atoms with E-state index in [0.29, 0.717) is 28.9 Å². The van der Waals surface area contributed by atoms with E-state index < -0.39 is 6.04 Å². The van der Waals surface area contributed by atoms with Crippen LogP contribution in [0, 0.1) is 6.92 Å². The molecule has 0 aliphatic carbocycles. The highest BCUT2D eigenvalue weighted by Gasteiger charge is 2.20. The number of hydrogen-bond donors (Lipinski definition) is 2. The molecule has 1 aromatic carbocycles. The third-order valence-corrected chi connectivity index (χ3v) is 3.63. The summed E-state index contributed by atoms with van der Waals surface area (Å²) >= 11 is 11.4. The Morgan fingerprint density at radius 2 is 2.14 bits per heavy atom. The second-order valence-electron chi connectivity index (χ2n) is 5.03. The monoisotopic (exact) mass is 342 g/mol. The van der Waals surface area contributed by atoms with Crippen molar-refractivity contribution in [2.75, 3.05) is 11.9 Å². The third-order valence-electron chi connectivity index (χ3n) is 3.10. The highest BCUT2D eigenvalue weighted by molar-refractivity contribution is 7.80. The molecule has 0 heterocycles. The molecule has 1 rings (SSSR count). The molecule has 1 unspecified atom stereocenters. The zero-order valence-corrected chi connectivity index (χ0v) is 14.8. The lowest BCUT2D eigenvalue weighted by atomic mass is 10.1. The molecule has 2 N–H and O–H groups in total. The second-order valence-corrected chi connectivity index (χ2v) is 5.84. The number of carbonyl (C=O) groups is 1. The normalized spacial score (nSPS) is 11.6. The number of nitrogens with one attached hydrogen (secondary N) is 2. The zero-order chi connectivity index (χ0) is 16.5. The molecular formula is C16H23ClN2O2S. The maximum atomic E-state index is 12.0. The molecule has 0 aliphatic rings. The van der Waals surface area contributed by atoms with E-state index in [1.54, 1.807) is 6.92 Å². The van der Waals surface area contributed by atoms with Crippen LogP contribution in [0.2, 0.25) is 5.02 Å². The van der Waals surface area contributed by atoms with Gasteiger partial charge in [0.25, 0.3) is 0 Å². The van der Waals surface area contributed by atoms with E-state index in [-0.39, 0.29) is 5.97 Å². The summed E-state index contributed by atoms with van der Waals surface area (Å²) in [4.78, 5) is 12.0. The third kappa shape index (κ3) is 6.20. The number of rotatable bonds is 7. The van der Waals surface area contributed by atoms with Crippen LogP contribution in [0.25, 0.3) is 0 Å². The van der Waals surface area contributed by atoms with Crippen molar-refractivity contribution in [1.82, 2.24) is 5.32 Å². The Morgan fingerprint density at radius 1 is 1.41 bits per heavy atom. The molecule has 0 aromatic heterocycles. The topological polar surface area (TPSA) is 50.4 Å². The molecule has 0 saturated heterocycles. The highest BCUT2D eigenvalue weighted by atomic mass is 35.5. The number of thiocarbonyl (C=S) groups is 1. The lowest BCUT2D eigenvalue weighted by Crippen LogP contribution is -2.43. The van der Waals surface area contributed by atoms with Gasteiger partial charge in [-0.05, 0) is 50.2 Å². The zero-order valence-electron chi connectivity index (χ0n) is 13.2. The number of ether oxygens (including phenoxy) is 1. The Kier molecular flexibility index (Phi) is 8.20. The predicted octanol–water partition coefficient (Wildman–Crippen LogP) is 4.06. The molecule has 6 heteroatoms. The van der Waals surface area contributed by atoms with Crippen molar-refractivity contribution in [2.45, 2.75) is 46.1 Å². The average molecular weight is 343 g/mol. The van der Waals surface area contributed by atoms with Gasteiger partial charge in [-0.1, -0.05) is 37.4 Å². The van der Waals surface area contributed by atoms with Crippen LogP contribution in [0.3, 0.4) is 0 Å². The molecule has 4 nitrogen and oxygen atoms in total. The van der Waals surface area contributed by atoms with Crippen molar-refractivity contribution >= 4 is 40.6 Å². The molecule has 0 bridgehead atoms. The maximum absolute atomic E-state index is 12.0. The maximum Gasteiger partial charge on any atom is 0.328 e. The number of hydrogen-bond acceptors (Lipinski definition) is 3. The van der Waals surface area contributed by atoms with Gasteiger partial charge in [-0.15, -0.1) is 0 Å². The summed E-state index contributed by atoms with van der Waals surface area (Å²) in [7, 11) is 0. The van der Waals surface area contributed by atoms with Gasteiger partial charge < -0.3 is 15.4 Å². The largest absolute Gasteiger partial charge is 0.464 e. The Bertz CT molecular complexity index is 523. The van der Waals surface area contributed by atoms with E-state index >= 15 is 0 Å². The van der Waals surface area contributed by atoms with Gasteiger partial charge in [0.2, 0.25) is 0 Å². The fourth-order valence-corrected chi connectivity index (χ4v) is 2.47. The minimum Gasteiger partial charge on any atom is -0.464 e. The van der Waals surface area contributed by atoms with Gasteiger partial charge >= 0.3 is 5.97 Å². The first-order valence-electron chi connectivity index (χ1n) is 7.48. The smallest absolute Gasteiger partial charge is 0.328 e. The summed E-state index contributed by atoms with van der Waals surface area (Å²) in [5, 5.41) is 6.99. The predicted molar refractivity (Wildman–Crippen MR) is 95.5 cm³/mol. The van der Waals surface area contributed by atoms with E-state index in [9.17, 15) is 4.79 Å². The molecule has 0 saturated carbocycles. The quantitative estimate of drug-likeness (QED) is 0.578. The number of benzene rings is 1. The lowest BCUT2D eigenvalue weighted by molar-refractivity contribution is -0.145. The highest BCUT2D eigenvalue weighted by Crippen LogP contribution is 2.22. The summed E-state index contributed by atoms with van der Waals surface area (Å²) in [6, 6.07) is 5.21. The van der Waals surface area contributed by atoms with Crippen molar-refractivity contribution in [1.29, 1.82) is 0 Å². The number of anilines is 1. The van der Waals surface area contributed by atoms with Crippen molar-refractivity contribution in [3.8, 4) is 0 Å². The first-order chi connectivity index (χ1) is 10.5. The van der Waals surface area contributed by atoms with Crippen molar-refractivity contribution < 1.29 is 9.53 Å². The Morgan fingerprint density at radius 3 is 2.73 bits per heavy atom. The summed E-state index contributed by atoms with van der Waals surface area (Å²) in [5.74, 6) is -0.282.